The molecule has 0 spiro atoms. The van der Waals surface area contributed by atoms with E-state index in [1.54, 1.807) is 6.92 Å². The number of urea groups is 1. The van der Waals surface area contributed by atoms with Gasteiger partial charge in [-0.1, -0.05) is 12.1 Å². The number of para-hydroxylation sites is 2. The lowest BCUT2D eigenvalue weighted by molar-refractivity contribution is -0.125. The zero-order valence-corrected chi connectivity index (χ0v) is 16.8. The summed E-state index contributed by atoms with van der Waals surface area (Å²) in [4.78, 5) is 29.1. The number of hydrogen-bond acceptors (Lipinski definition) is 3. The van der Waals surface area contributed by atoms with Crippen molar-refractivity contribution in [2.75, 3.05) is 29.9 Å². The number of nitrogens with zero attached hydrogens (tertiary/aromatic N) is 2. The molecule has 6 heteroatoms. The molecule has 0 saturated heterocycles. The van der Waals surface area contributed by atoms with Crippen LogP contribution < -0.4 is 20.4 Å². The maximum absolute atomic E-state index is 13.2. The Morgan fingerprint density at radius 2 is 1.71 bits per heavy atom. The van der Waals surface area contributed by atoms with Gasteiger partial charge in [0.1, 0.15) is 0 Å². The first-order valence-electron chi connectivity index (χ1n) is 10.6. The summed E-state index contributed by atoms with van der Waals surface area (Å²) in [6, 6.07) is 8.40. The number of amides is 3. The molecule has 6 nitrogen and oxygen atoms in total. The van der Waals surface area contributed by atoms with Crippen molar-refractivity contribution in [3.63, 3.8) is 0 Å². The molecule has 4 aliphatic carbocycles. The molecule has 1 heterocycles. The molecule has 2 atom stereocenters. The third-order valence-electron chi connectivity index (χ3n) is 7.49. The van der Waals surface area contributed by atoms with Crippen LogP contribution in [0.25, 0.3) is 0 Å². The summed E-state index contributed by atoms with van der Waals surface area (Å²) < 4.78 is 0. The van der Waals surface area contributed by atoms with E-state index in [1.807, 2.05) is 23.1 Å². The van der Waals surface area contributed by atoms with Crippen molar-refractivity contribution >= 4 is 23.3 Å². The number of fused-ring (bicyclic) bond motifs is 1. The lowest BCUT2D eigenvalue weighted by Gasteiger charge is -2.60. The maximum atomic E-state index is 13.2. The number of carbonyl (C=O) groups excluding carboxylic acids is 2. The van der Waals surface area contributed by atoms with Crippen LogP contribution in [-0.2, 0) is 4.79 Å². The van der Waals surface area contributed by atoms with E-state index in [0.717, 1.165) is 37.2 Å². The number of nitrogens with one attached hydrogen (secondary N) is 2. The number of hydrogen-bond donors (Lipinski definition) is 2. The lowest BCUT2D eigenvalue weighted by atomic mass is 9.51. The van der Waals surface area contributed by atoms with Gasteiger partial charge in [-0.05, 0) is 62.0 Å². The van der Waals surface area contributed by atoms with Crippen LogP contribution in [0, 0.1) is 17.8 Å². The smallest absolute Gasteiger partial charge is 0.322 e. The topological polar surface area (TPSA) is 64.7 Å². The van der Waals surface area contributed by atoms with Gasteiger partial charge in [-0.15, -0.1) is 0 Å². The van der Waals surface area contributed by atoms with Crippen LogP contribution in [0.2, 0.25) is 0 Å². The van der Waals surface area contributed by atoms with Crippen molar-refractivity contribution in [3.05, 3.63) is 24.3 Å². The van der Waals surface area contributed by atoms with E-state index in [1.165, 1.54) is 12.8 Å². The molecule has 0 radical (unpaired) electrons. The first kappa shape index (κ1) is 17.8. The van der Waals surface area contributed by atoms with E-state index in [9.17, 15) is 9.59 Å². The highest BCUT2D eigenvalue weighted by Crippen LogP contribution is 2.55. The van der Waals surface area contributed by atoms with Crippen LogP contribution >= 0.6 is 0 Å². The summed E-state index contributed by atoms with van der Waals surface area (Å²) in [7, 11) is 2.08. The van der Waals surface area contributed by atoms with Gasteiger partial charge in [-0.3, -0.25) is 9.69 Å². The van der Waals surface area contributed by atoms with E-state index in [2.05, 4.69) is 28.6 Å². The summed E-state index contributed by atoms with van der Waals surface area (Å²) >= 11 is 0. The second-order valence-electron chi connectivity index (χ2n) is 9.47. The monoisotopic (exact) mass is 382 g/mol. The Morgan fingerprint density at radius 3 is 2.39 bits per heavy atom. The molecule has 2 unspecified atom stereocenters. The van der Waals surface area contributed by atoms with Gasteiger partial charge < -0.3 is 15.5 Å². The first-order valence-corrected chi connectivity index (χ1v) is 10.6. The fourth-order valence-corrected chi connectivity index (χ4v) is 6.72. The average molecular weight is 383 g/mol. The van der Waals surface area contributed by atoms with Gasteiger partial charge in [0.15, 0.2) is 0 Å². The fraction of sp³-hybridized carbons (Fsp3) is 0.636. The van der Waals surface area contributed by atoms with Crippen LogP contribution in [0.1, 0.15) is 39.0 Å². The zero-order valence-electron chi connectivity index (χ0n) is 16.8. The van der Waals surface area contributed by atoms with E-state index in [-0.39, 0.29) is 23.5 Å². The molecule has 1 aliphatic heterocycles. The molecule has 6 rings (SSSR count). The van der Waals surface area contributed by atoms with Crippen molar-refractivity contribution < 1.29 is 9.59 Å². The van der Waals surface area contributed by atoms with Crippen molar-refractivity contribution in [1.29, 1.82) is 0 Å². The molecule has 5 aliphatic rings. The molecular formula is C22H30N4O2. The maximum Gasteiger partial charge on any atom is 0.322 e. The van der Waals surface area contributed by atoms with Gasteiger partial charge in [0.25, 0.3) is 0 Å². The number of anilines is 2. The predicted octanol–water partition coefficient (Wildman–Crippen LogP) is 2.74. The Morgan fingerprint density at radius 1 is 1.04 bits per heavy atom. The van der Waals surface area contributed by atoms with Gasteiger partial charge in [0.05, 0.1) is 11.4 Å². The van der Waals surface area contributed by atoms with Gasteiger partial charge in [-0.2, -0.15) is 0 Å². The van der Waals surface area contributed by atoms with E-state index >= 15 is 0 Å². The fourth-order valence-electron chi connectivity index (χ4n) is 6.72. The normalized spacial score (nSPS) is 35.5. The molecular weight excluding hydrogens is 352 g/mol. The zero-order chi connectivity index (χ0) is 19.5. The third-order valence-corrected chi connectivity index (χ3v) is 7.49. The first-order chi connectivity index (χ1) is 13.4. The van der Waals surface area contributed by atoms with Crippen LogP contribution in [-0.4, -0.2) is 43.7 Å². The molecule has 4 fully saturated rings. The second-order valence-corrected chi connectivity index (χ2v) is 9.47. The van der Waals surface area contributed by atoms with Crippen molar-refractivity contribution in [2.45, 2.75) is 50.6 Å². The predicted molar refractivity (Wildman–Crippen MR) is 109 cm³/mol. The molecule has 28 heavy (non-hydrogen) atoms. The Hall–Kier alpha value is -2.24. The molecule has 1 aromatic rings. The third kappa shape index (κ3) is 2.85. The van der Waals surface area contributed by atoms with Crippen molar-refractivity contribution in [3.8, 4) is 0 Å². The minimum atomic E-state index is -0.0238. The van der Waals surface area contributed by atoms with E-state index in [4.69, 9.17) is 0 Å². The minimum absolute atomic E-state index is 0.0238. The quantitative estimate of drug-likeness (QED) is 0.827. The van der Waals surface area contributed by atoms with Crippen LogP contribution in [0.4, 0.5) is 16.2 Å². The Kier molecular flexibility index (Phi) is 4.07. The Balaban J connectivity index is 1.33. The van der Waals surface area contributed by atoms with E-state index < -0.39 is 0 Å². The summed E-state index contributed by atoms with van der Waals surface area (Å²) in [6.07, 6.45) is 5.49. The average Bonchev–Trinajstić information content (AvgIpc) is 2.63. The number of benzene rings is 1. The SMILES string of the molecule is CC(=O)NC12CC3CC(C1)C(NC(=O)N1CCN(C)c4ccccc41)C(C3)C2. The number of likely N-dealkylation sites (N-methyl/N-ethyl adjacent to an activating group) is 1. The van der Waals surface area contributed by atoms with Crippen molar-refractivity contribution in [2.24, 2.45) is 17.8 Å². The summed E-state index contributed by atoms with van der Waals surface area (Å²) in [5.74, 6) is 1.73. The van der Waals surface area contributed by atoms with E-state index in [0.29, 0.717) is 24.3 Å². The molecule has 3 amide bonds. The summed E-state index contributed by atoms with van der Waals surface area (Å²) in [5, 5.41) is 6.69. The van der Waals surface area contributed by atoms with Gasteiger partial charge >= 0.3 is 6.03 Å². The number of rotatable bonds is 2. The lowest BCUT2D eigenvalue weighted by Crippen LogP contribution is -2.67. The Labute approximate surface area is 166 Å². The van der Waals surface area contributed by atoms with Crippen LogP contribution in [0.3, 0.4) is 0 Å². The van der Waals surface area contributed by atoms with Crippen LogP contribution in [0.5, 0.6) is 0 Å². The molecule has 150 valence electrons. The highest BCUT2D eigenvalue weighted by atomic mass is 16.2. The van der Waals surface area contributed by atoms with Gasteiger partial charge in [-0.25, -0.2) is 4.79 Å². The summed E-state index contributed by atoms with van der Waals surface area (Å²) in [6.45, 7) is 3.18. The largest absolute Gasteiger partial charge is 0.371 e. The summed E-state index contributed by atoms with van der Waals surface area (Å²) in [5.41, 5.74) is 2.08. The minimum Gasteiger partial charge on any atom is -0.371 e. The Bertz CT molecular complexity index is 793. The highest BCUT2D eigenvalue weighted by Gasteiger charge is 2.56. The highest BCUT2D eigenvalue weighted by molar-refractivity contribution is 5.97. The standard InChI is InChI=1S/C22H30N4O2/c1-14(27)24-22-11-15-9-16(12-22)20(17(10-15)13-22)23-21(28)26-8-7-25(2)18-5-3-4-6-19(18)26/h3-6,15-17,20H,7-13H2,1-2H3,(H,23,28)(H,24,27). The van der Waals surface area contributed by atoms with Crippen molar-refractivity contribution in [1.82, 2.24) is 10.6 Å². The van der Waals surface area contributed by atoms with Crippen LogP contribution in [0.15, 0.2) is 24.3 Å². The molecule has 1 aromatic carbocycles. The second kappa shape index (κ2) is 6.39. The number of carbonyl (C=O) groups is 2. The van der Waals surface area contributed by atoms with Gasteiger partial charge in [0.2, 0.25) is 5.91 Å². The molecule has 2 N–H and O–H groups in total. The van der Waals surface area contributed by atoms with Gasteiger partial charge in [0, 0.05) is 38.6 Å². The molecule has 4 bridgehead atoms. The molecule has 4 saturated carbocycles. The molecule has 0 aromatic heterocycles.